The number of nitrogens with two attached hydrogens (primary N) is 1. The van der Waals surface area contributed by atoms with Gasteiger partial charge in [0.05, 0.1) is 0 Å². The lowest BCUT2D eigenvalue weighted by molar-refractivity contribution is 0.220. The Kier molecular flexibility index (Phi) is 4.63. The van der Waals surface area contributed by atoms with Crippen LogP contribution in [0.25, 0.3) is 0 Å². The van der Waals surface area contributed by atoms with Gasteiger partial charge in [0.15, 0.2) is 0 Å². The van der Waals surface area contributed by atoms with Crippen molar-refractivity contribution in [3.05, 3.63) is 58.6 Å². The van der Waals surface area contributed by atoms with Crippen molar-refractivity contribution < 1.29 is 4.79 Å². The molecule has 4 nitrogen and oxygen atoms in total. The van der Waals surface area contributed by atoms with Crippen LogP contribution in [0.2, 0.25) is 0 Å². The fourth-order valence-electron chi connectivity index (χ4n) is 1.79. The molecule has 0 atom stereocenters. The van der Waals surface area contributed by atoms with Crippen molar-refractivity contribution >= 4 is 33.3 Å². The topological polar surface area (TPSA) is 58.4 Å². The maximum atomic E-state index is 12.1. The van der Waals surface area contributed by atoms with Crippen LogP contribution in [0.3, 0.4) is 0 Å². The monoisotopic (exact) mass is 333 g/mol. The normalized spacial score (nSPS) is 10.1. The Morgan fingerprint density at radius 2 is 2.00 bits per heavy atom. The number of nitrogens with zero attached hydrogens (tertiary/aromatic N) is 1. The highest BCUT2D eigenvalue weighted by Crippen LogP contribution is 2.18. The summed E-state index contributed by atoms with van der Waals surface area (Å²) in [5.41, 5.74) is 8.05. The number of carbonyl (C=O) groups is 1. The van der Waals surface area contributed by atoms with Crippen LogP contribution in [-0.4, -0.2) is 18.0 Å². The van der Waals surface area contributed by atoms with E-state index in [9.17, 15) is 4.79 Å². The first-order valence-electron chi connectivity index (χ1n) is 6.17. The molecule has 0 saturated heterocycles. The van der Waals surface area contributed by atoms with Gasteiger partial charge < -0.3 is 16.0 Å². The van der Waals surface area contributed by atoms with Crippen molar-refractivity contribution in [1.29, 1.82) is 0 Å². The summed E-state index contributed by atoms with van der Waals surface area (Å²) in [6.45, 7) is 0.523. The minimum Gasteiger partial charge on any atom is -0.399 e. The fraction of sp³-hybridized carbons (Fsp3) is 0.133. The third-order valence-corrected chi connectivity index (χ3v) is 3.62. The molecule has 2 rings (SSSR count). The largest absolute Gasteiger partial charge is 0.399 e. The summed E-state index contributed by atoms with van der Waals surface area (Å²) in [4.78, 5) is 13.7. The molecule has 0 aliphatic carbocycles. The van der Waals surface area contributed by atoms with Crippen LogP contribution in [-0.2, 0) is 6.54 Å². The van der Waals surface area contributed by atoms with Crippen LogP contribution >= 0.6 is 15.9 Å². The molecule has 0 bridgehead atoms. The van der Waals surface area contributed by atoms with Crippen molar-refractivity contribution in [3.63, 3.8) is 0 Å². The molecule has 0 aliphatic rings. The lowest BCUT2D eigenvalue weighted by Crippen LogP contribution is -2.30. The number of nitrogens with one attached hydrogen (secondary N) is 1. The minimum atomic E-state index is -0.175. The quantitative estimate of drug-likeness (QED) is 0.841. The van der Waals surface area contributed by atoms with Crippen molar-refractivity contribution in [2.24, 2.45) is 0 Å². The first kappa shape index (κ1) is 14.4. The van der Waals surface area contributed by atoms with Gasteiger partial charge in [-0.2, -0.15) is 0 Å². The van der Waals surface area contributed by atoms with Gasteiger partial charge in [0.1, 0.15) is 0 Å². The molecule has 0 saturated carbocycles. The van der Waals surface area contributed by atoms with Crippen molar-refractivity contribution in [2.45, 2.75) is 6.54 Å². The van der Waals surface area contributed by atoms with Gasteiger partial charge in [-0.05, 0) is 29.8 Å². The van der Waals surface area contributed by atoms with E-state index in [4.69, 9.17) is 5.73 Å². The van der Waals surface area contributed by atoms with E-state index in [1.54, 1.807) is 36.2 Å². The number of benzene rings is 2. The maximum absolute atomic E-state index is 12.1. The zero-order valence-corrected chi connectivity index (χ0v) is 12.7. The molecule has 2 amide bonds. The number of halogens is 1. The number of hydrogen-bond acceptors (Lipinski definition) is 2. The Hall–Kier alpha value is -2.01. The summed E-state index contributed by atoms with van der Waals surface area (Å²) >= 11 is 3.48. The second-order valence-corrected chi connectivity index (χ2v) is 5.36. The van der Waals surface area contributed by atoms with Gasteiger partial charge in [-0.3, -0.25) is 0 Å². The SMILES string of the molecule is CN(Cc1ccccc1Br)C(=O)Nc1cccc(N)c1. The lowest BCUT2D eigenvalue weighted by atomic mass is 10.2. The Balaban J connectivity index is 2.01. The molecule has 0 aromatic heterocycles. The predicted octanol–water partition coefficient (Wildman–Crippen LogP) is 3.70. The predicted molar refractivity (Wildman–Crippen MR) is 85.5 cm³/mol. The number of rotatable bonds is 3. The molecule has 0 aliphatic heterocycles. The summed E-state index contributed by atoms with van der Waals surface area (Å²) in [5, 5.41) is 2.81. The Labute approximate surface area is 126 Å². The van der Waals surface area contributed by atoms with Crippen LogP contribution in [0.4, 0.5) is 16.2 Å². The summed E-state index contributed by atoms with van der Waals surface area (Å²) in [6, 6.07) is 14.8. The second kappa shape index (κ2) is 6.43. The van der Waals surface area contributed by atoms with E-state index in [-0.39, 0.29) is 6.03 Å². The number of carbonyl (C=O) groups excluding carboxylic acids is 1. The zero-order chi connectivity index (χ0) is 14.5. The van der Waals surface area contributed by atoms with Crippen LogP contribution < -0.4 is 11.1 Å². The molecule has 0 fully saturated rings. The van der Waals surface area contributed by atoms with Gasteiger partial charge in [-0.25, -0.2) is 4.79 Å². The van der Waals surface area contributed by atoms with Gasteiger partial charge in [0.2, 0.25) is 0 Å². The van der Waals surface area contributed by atoms with Gasteiger partial charge in [-0.1, -0.05) is 40.2 Å². The molecule has 5 heteroatoms. The molecule has 104 valence electrons. The first-order chi connectivity index (χ1) is 9.56. The molecule has 0 unspecified atom stereocenters. The highest BCUT2D eigenvalue weighted by molar-refractivity contribution is 9.10. The van der Waals surface area contributed by atoms with Crippen molar-refractivity contribution in [3.8, 4) is 0 Å². The van der Waals surface area contributed by atoms with Gasteiger partial charge in [0, 0.05) is 29.4 Å². The maximum Gasteiger partial charge on any atom is 0.321 e. The minimum absolute atomic E-state index is 0.175. The Morgan fingerprint density at radius 1 is 1.25 bits per heavy atom. The van der Waals surface area contributed by atoms with E-state index in [1.165, 1.54) is 0 Å². The molecular weight excluding hydrogens is 318 g/mol. The standard InChI is InChI=1S/C15H16BrN3O/c1-19(10-11-5-2-3-8-14(11)16)15(20)18-13-7-4-6-12(17)9-13/h2-9H,10,17H2,1H3,(H,18,20). The fourth-order valence-corrected chi connectivity index (χ4v) is 2.20. The smallest absolute Gasteiger partial charge is 0.321 e. The highest BCUT2D eigenvalue weighted by Gasteiger charge is 2.10. The van der Waals surface area contributed by atoms with Crippen molar-refractivity contribution in [2.75, 3.05) is 18.1 Å². The second-order valence-electron chi connectivity index (χ2n) is 4.50. The van der Waals surface area contributed by atoms with Gasteiger partial charge >= 0.3 is 6.03 Å². The van der Waals surface area contributed by atoms with Crippen molar-refractivity contribution in [1.82, 2.24) is 4.90 Å². The van der Waals surface area contributed by atoms with Crippen LogP contribution in [0, 0.1) is 0 Å². The van der Waals surface area contributed by atoms with Crippen LogP contribution in [0.5, 0.6) is 0 Å². The van der Waals surface area contributed by atoms with Crippen LogP contribution in [0.15, 0.2) is 53.0 Å². The number of nitrogen functional groups attached to an aromatic ring is 1. The molecule has 0 spiro atoms. The first-order valence-corrected chi connectivity index (χ1v) is 6.96. The third-order valence-electron chi connectivity index (χ3n) is 2.85. The zero-order valence-electron chi connectivity index (χ0n) is 11.1. The van der Waals surface area contributed by atoms with E-state index in [1.807, 2.05) is 24.3 Å². The molecule has 2 aromatic rings. The van der Waals surface area contributed by atoms with E-state index >= 15 is 0 Å². The average molecular weight is 334 g/mol. The van der Waals surface area contributed by atoms with Gasteiger partial charge in [-0.15, -0.1) is 0 Å². The lowest BCUT2D eigenvalue weighted by Gasteiger charge is -2.19. The Morgan fingerprint density at radius 3 is 2.70 bits per heavy atom. The average Bonchev–Trinajstić information content (AvgIpc) is 2.41. The Bertz CT molecular complexity index is 616. The molecule has 2 aromatic carbocycles. The van der Waals surface area contributed by atoms with E-state index in [0.29, 0.717) is 17.9 Å². The molecule has 0 radical (unpaired) electrons. The summed E-state index contributed by atoms with van der Waals surface area (Å²) in [7, 11) is 1.75. The summed E-state index contributed by atoms with van der Waals surface area (Å²) in [5.74, 6) is 0. The van der Waals surface area contributed by atoms with Crippen LogP contribution in [0.1, 0.15) is 5.56 Å². The number of anilines is 2. The highest BCUT2D eigenvalue weighted by atomic mass is 79.9. The van der Waals surface area contributed by atoms with Gasteiger partial charge in [0.25, 0.3) is 0 Å². The molecule has 3 N–H and O–H groups in total. The molecule has 20 heavy (non-hydrogen) atoms. The number of hydrogen-bond donors (Lipinski definition) is 2. The van der Waals surface area contributed by atoms with E-state index in [2.05, 4.69) is 21.2 Å². The molecular formula is C15H16BrN3O. The summed E-state index contributed by atoms with van der Waals surface area (Å²) in [6.07, 6.45) is 0. The number of urea groups is 1. The van der Waals surface area contributed by atoms with E-state index < -0.39 is 0 Å². The summed E-state index contributed by atoms with van der Waals surface area (Å²) < 4.78 is 0.989. The van der Waals surface area contributed by atoms with E-state index in [0.717, 1.165) is 10.0 Å². The third kappa shape index (κ3) is 3.74. The number of amides is 2. The molecule has 0 heterocycles.